The molecule has 1 fully saturated rings. The lowest BCUT2D eigenvalue weighted by Gasteiger charge is -2.31. The van der Waals surface area contributed by atoms with E-state index in [0.717, 1.165) is 19.8 Å². The van der Waals surface area contributed by atoms with E-state index < -0.39 is 0 Å². The number of ether oxygens (including phenoxy) is 1. The maximum atomic E-state index is 5.48. The van der Waals surface area contributed by atoms with Crippen molar-refractivity contribution in [2.75, 3.05) is 33.4 Å². The van der Waals surface area contributed by atoms with Crippen molar-refractivity contribution >= 4 is 0 Å². The summed E-state index contributed by atoms with van der Waals surface area (Å²) in [4.78, 5) is 2.48. The summed E-state index contributed by atoms with van der Waals surface area (Å²) in [5.41, 5.74) is 0. The van der Waals surface area contributed by atoms with E-state index in [1.165, 1.54) is 32.2 Å². The van der Waals surface area contributed by atoms with Gasteiger partial charge in [-0.15, -0.1) is 0 Å². The van der Waals surface area contributed by atoms with Crippen molar-refractivity contribution in [2.45, 2.75) is 51.6 Å². The number of nitrogens with one attached hydrogen (secondary N) is 1. The molecule has 1 N–H and O–H groups in total. The van der Waals surface area contributed by atoms with Gasteiger partial charge in [0.15, 0.2) is 0 Å². The first kappa shape index (κ1) is 13.9. The van der Waals surface area contributed by atoms with Gasteiger partial charge < -0.3 is 15.0 Å². The predicted molar refractivity (Wildman–Crippen MR) is 68.8 cm³/mol. The van der Waals surface area contributed by atoms with Crippen molar-refractivity contribution in [3.63, 3.8) is 0 Å². The van der Waals surface area contributed by atoms with Crippen molar-refractivity contribution in [1.82, 2.24) is 10.2 Å². The van der Waals surface area contributed by atoms with Gasteiger partial charge in [-0.25, -0.2) is 0 Å². The zero-order valence-corrected chi connectivity index (χ0v) is 11.2. The van der Waals surface area contributed by atoms with E-state index in [0.29, 0.717) is 12.1 Å². The van der Waals surface area contributed by atoms with Gasteiger partial charge in [-0.05, 0) is 33.4 Å². The summed E-state index contributed by atoms with van der Waals surface area (Å²) >= 11 is 0. The molecule has 0 aliphatic carbocycles. The number of unbranched alkanes of at least 4 members (excludes halogenated alkanes) is 2. The molecule has 0 amide bonds. The second-order valence-electron chi connectivity index (χ2n) is 5.00. The first-order chi connectivity index (χ1) is 7.74. The smallest absolute Gasteiger partial charge is 0.0620 e. The highest BCUT2D eigenvalue weighted by Crippen LogP contribution is 2.09. The molecular formula is C13H28N2O. The standard InChI is InChI=1S/C13H28N2O/c1-4-5-6-8-15(3)12(2)10-13-11-16-9-7-14-13/h12-14H,4-11H2,1-3H3. The van der Waals surface area contributed by atoms with Crippen LogP contribution in [-0.4, -0.2) is 50.3 Å². The maximum absolute atomic E-state index is 5.48. The Labute approximate surface area is 101 Å². The Morgan fingerprint density at radius 2 is 2.25 bits per heavy atom. The average Bonchev–Trinajstić information content (AvgIpc) is 2.30. The zero-order chi connectivity index (χ0) is 11.8. The van der Waals surface area contributed by atoms with Crippen LogP contribution < -0.4 is 5.32 Å². The lowest BCUT2D eigenvalue weighted by atomic mass is 10.1. The Bertz CT molecular complexity index is 169. The number of morpholine rings is 1. The summed E-state index contributed by atoms with van der Waals surface area (Å²) in [5.74, 6) is 0. The van der Waals surface area contributed by atoms with E-state index in [-0.39, 0.29) is 0 Å². The molecular weight excluding hydrogens is 200 g/mol. The molecule has 0 bridgehead atoms. The molecule has 2 atom stereocenters. The van der Waals surface area contributed by atoms with Gasteiger partial charge in [0, 0.05) is 18.6 Å². The molecule has 0 aromatic carbocycles. The number of rotatable bonds is 7. The highest BCUT2D eigenvalue weighted by atomic mass is 16.5. The van der Waals surface area contributed by atoms with Gasteiger partial charge in [-0.3, -0.25) is 0 Å². The van der Waals surface area contributed by atoms with E-state index >= 15 is 0 Å². The van der Waals surface area contributed by atoms with E-state index in [4.69, 9.17) is 4.74 Å². The highest BCUT2D eigenvalue weighted by molar-refractivity contribution is 4.76. The third kappa shape index (κ3) is 5.28. The van der Waals surface area contributed by atoms with Gasteiger partial charge in [0.05, 0.1) is 13.2 Å². The van der Waals surface area contributed by atoms with Gasteiger partial charge in [0.1, 0.15) is 0 Å². The molecule has 2 unspecified atom stereocenters. The minimum absolute atomic E-state index is 0.553. The van der Waals surface area contributed by atoms with Crippen LogP contribution >= 0.6 is 0 Å². The van der Waals surface area contributed by atoms with Crippen molar-refractivity contribution < 1.29 is 4.74 Å². The molecule has 0 aromatic heterocycles. The molecule has 0 aromatic rings. The van der Waals surface area contributed by atoms with E-state index in [1.54, 1.807) is 0 Å². The van der Waals surface area contributed by atoms with Gasteiger partial charge in [0.2, 0.25) is 0 Å². The van der Waals surface area contributed by atoms with Gasteiger partial charge >= 0.3 is 0 Å². The van der Waals surface area contributed by atoms with Gasteiger partial charge in [0.25, 0.3) is 0 Å². The highest BCUT2D eigenvalue weighted by Gasteiger charge is 2.18. The van der Waals surface area contributed by atoms with Crippen LogP contribution in [0.4, 0.5) is 0 Å². The topological polar surface area (TPSA) is 24.5 Å². The maximum Gasteiger partial charge on any atom is 0.0620 e. The van der Waals surface area contributed by atoms with E-state index in [2.05, 4.69) is 31.1 Å². The van der Waals surface area contributed by atoms with Crippen LogP contribution in [0.3, 0.4) is 0 Å². The van der Waals surface area contributed by atoms with Crippen LogP contribution in [0, 0.1) is 0 Å². The molecule has 0 spiro atoms. The monoisotopic (exact) mass is 228 g/mol. The van der Waals surface area contributed by atoms with Crippen LogP contribution in [0.1, 0.15) is 39.5 Å². The first-order valence-electron chi connectivity index (χ1n) is 6.75. The van der Waals surface area contributed by atoms with Crippen LogP contribution in [0.25, 0.3) is 0 Å². The summed E-state index contributed by atoms with van der Waals surface area (Å²) in [7, 11) is 2.24. The minimum atomic E-state index is 0.553. The first-order valence-corrected chi connectivity index (χ1v) is 6.75. The van der Waals surface area contributed by atoms with Crippen LogP contribution in [-0.2, 0) is 4.74 Å². The molecule has 1 aliphatic heterocycles. The summed E-state index contributed by atoms with van der Waals surface area (Å²) in [5, 5.41) is 3.52. The molecule has 0 saturated carbocycles. The van der Waals surface area contributed by atoms with Gasteiger partial charge in [-0.1, -0.05) is 19.8 Å². The Balaban J connectivity index is 2.14. The molecule has 1 heterocycles. The van der Waals surface area contributed by atoms with Crippen LogP contribution in [0.5, 0.6) is 0 Å². The van der Waals surface area contributed by atoms with E-state index in [1.807, 2.05) is 0 Å². The van der Waals surface area contributed by atoms with Crippen molar-refractivity contribution in [3.8, 4) is 0 Å². The largest absolute Gasteiger partial charge is 0.379 e. The molecule has 1 rings (SSSR count). The molecule has 16 heavy (non-hydrogen) atoms. The summed E-state index contributed by atoms with van der Waals surface area (Å²) in [6, 6.07) is 1.20. The third-order valence-electron chi connectivity index (χ3n) is 3.49. The summed E-state index contributed by atoms with van der Waals surface area (Å²) in [6.07, 6.45) is 5.18. The molecule has 3 nitrogen and oxygen atoms in total. The lowest BCUT2D eigenvalue weighted by molar-refractivity contribution is 0.0643. The fourth-order valence-electron chi connectivity index (χ4n) is 2.19. The molecule has 96 valence electrons. The Morgan fingerprint density at radius 1 is 1.44 bits per heavy atom. The number of hydrogen-bond donors (Lipinski definition) is 1. The normalized spacial score (nSPS) is 23.6. The molecule has 0 radical (unpaired) electrons. The van der Waals surface area contributed by atoms with Crippen LogP contribution in [0.2, 0.25) is 0 Å². The van der Waals surface area contributed by atoms with Crippen molar-refractivity contribution in [1.29, 1.82) is 0 Å². The Kier molecular flexibility index (Phi) is 7.01. The third-order valence-corrected chi connectivity index (χ3v) is 3.49. The van der Waals surface area contributed by atoms with E-state index in [9.17, 15) is 0 Å². The zero-order valence-electron chi connectivity index (χ0n) is 11.2. The fraction of sp³-hybridized carbons (Fsp3) is 1.00. The predicted octanol–water partition coefficient (Wildman–Crippen LogP) is 1.88. The van der Waals surface area contributed by atoms with Gasteiger partial charge in [-0.2, -0.15) is 0 Å². The lowest BCUT2D eigenvalue weighted by Crippen LogP contribution is -2.45. The molecule has 1 saturated heterocycles. The Morgan fingerprint density at radius 3 is 2.88 bits per heavy atom. The second kappa shape index (κ2) is 8.04. The fourth-order valence-corrected chi connectivity index (χ4v) is 2.19. The van der Waals surface area contributed by atoms with Crippen LogP contribution in [0.15, 0.2) is 0 Å². The average molecular weight is 228 g/mol. The number of nitrogens with zero attached hydrogens (tertiary/aromatic N) is 1. The molecule has 1 aliphatic rings. The second-order valence-corrected chi connectivity index (χ2v) is 5.00. The summed E-state index contributed by atoms with van der Waals surface area (Å²) in [6.45, 7) is 8.57. The minimum Gasteiger partial charge on any atom is -0.379 e. The van der Waals surface area contributed by atoms with Crippen molar-refractivity contribution in [3.05, 3.63) is 0 Å². The van der Waals surface area contributed by atoms with Crippen molar-refractivity contribution in [2.24, 2.45) is 0 Å². The SMILES string of the molecule is CCCCCN(C)C(C)CC1COCCN1. The summed E-state index contributed by atoms with van der Waals surface area (Å²) < 4.78 is 5.48. The molecule has 3 heteroatoms. The Hall–Kier alpha value is -0.120. The quantitative estimate of drug-likeness (QED) is 0.673. The number of hydrogen-bond acceptors (Lipinski definition) is 3.